The van der Waals surface area contributed by atoms with Gasteiger partial charge in [0.1, 0.15) is 5.75 Å². The lowest BCUT2D eigenvalue weighted by atomic mass is 10.1. The molecule has 0 aliphatic heterocycles. The first-order chi connectivity index (χ1) is 12.8. The summed E-state index contributed by atoms with van der Waals surface area (Å²) in [6.45, 7) is 6.03. The number of nitrogens with one attached hydrogen (secondary N) is 1. The molecule has 0 bridgehead atoms. The van der Waals surface area contributed by atoms with Crippen LogP contribution < -0.4 is 14.9 Å². The number of carbonyl (C=O) groups excluding carboxylic acids is 1. The molecule has 1 amide bonds. The molecule has 0 radical (unpaired) electrons. The molecule has 0 saturated heterocycles. The molecule has 0 atom stereocenters. The van der Waals surface area contributed by atoms with Crippen molar-refractivity contribution in [3.63, 3.8) is 0 Å². The number of nitrogens with zero attached hydrogens (tertiary/aromatic N) is 1. The van der Waals surface area contributed by atoms with Gasteiger partial charge < -0.3 is 14.6 Å². The van der Waals surface area contributed by atoms with Gasteiger partial charge in [-0.05, 0) is 94.2 Å². The summed E-state index contributed by atoms with van der Waals surface area (Å²) in [5, 5.41) is 13.9. The fraction of sp³-hybridized carbons (Fsp3) is 0.263. The number of aromatic hydroxyl groups is 1. The minimum Gasteiger partial charge on any atom is -0.504 e. The molecule has 0 heterocycles. The van der Waals surface area contributed by atoms with Gasteiger partial charge in [-0.15, -0.1) is 0 Å². The summed E-state index contributed by atoms with van der Waals surface area (Å²) in [7, 11) is 0. The molecule has 0 aliphatic carbocycles. The van der Waals surface area contributed by atoms with Gasteiger partial charge in [0.15, 0.2) is 18.1 Å². The highest BCUT2D eigenvalue weighted by Crippen LogP contribution is 2.32. The molecule has 2 aromatic carbocycles. The van der Waals surface area contributed by atoms with Crippen LogP contribution in [0.2, 0.25) is 0 Å². The van der Waals surface area contributed by atoms with Crippen LogP contribution in [-0.2, 0) is 4.79 Å². The summed E-state index contributed by atoms with van der Waals surface area (Å²) in [6, 6.07) is 7.30. The first-order valence-corrected chi connectivity index (χ1v) is 10.1. The van der Waals surface area contributed by atoms with E-state index in [1.807, 2.05) is 55.5 Å². The zero-order valence-electron chi connectivity index (χ0n) is 15.2. The number of phenols is 1. The number of hydrogen-bond acceptors (Lipinski definition) is 5. The number of rotatable bonds is 7. The molecule has 2 rings (SSSR count). The number of halogens is 2. The van der Waals surface area contributed by atoms with Crippen molar-refractivity contribution < 1.29 is 19.4 Å². The zero-order chi connectivity index (χ0) is 20.0. The Morgan fingerprint density at radius 1 is 1.30 bits per heavy atom. The van der Waals surface area contributed by atoms with E-state index in [0.29, 0.717) is 27.2 Å². The lowest BCUT2D eigenvalue weighted by Gasteiger charge is -2.11. The molecule has 0 spiro atoms. The summed E-state index contributed by atoms with van der Waals surface area (Å²) in [6.07, 6.45) is 1.48. The number of phenolic OH excluding ortho intramolecular Hbond substituents is 1. The molecule has 2 N–H and O–H groups in total. The number of carbonyl (C=O) groups is 1. The first-order valence-electron chi connectivity index (χ1n) is 8.18. The van der Waals surface area contributed by atoms with Gasteiger partial charge in [0, 0.05) is 0 Å². The fourth-order valence-corrected chi connectivity index (χ4v) is 3.78. The minimum atomic E-state index is -0.378. The van der Waals surface area contributed by atoms with Crippen LogP contribution in [0, 0.1) is 17.4 Å². The van der Waals surface area contributed by atoms with Crippen molar-refractivity contribution in [1.29, 1.82) is 0 Å². The molecule has 27 heavy (non-hydrogen) atoms. The Morgan fingerprint density at radius 2 is 2.04 bits per heavy atom. The standard InChI is InChI=1S/C19H20BrIN2O4/c1-4-26-16-8-13(7-15(21)18(16)25)9-22-23-17(24)10-27-19-12(3)5-11(2)6-14(19)20/h5-9,25H,4,10H2,1-3H3,(H,23,24)/b22-9-. The molecule has 6 nitrogen and oxygen atoms in total. The van der Waals surface area contributed by atoms with Crippen LogP contribution in [0.3, 0.4) is 0 Å². The summed E-state index contributed by atoms with van der Waals surface area (Å²) >= 11 is 5.45. The number of hydrogen-bond donors (Lipinski definition) is 2. The number of amides is 1. The van der Waals surface area contributed by atoms with E-state index in [2.05, 4.69) is 26.5 Å². The average Bonchev–Trinajstić information content (AvgIpc) is 2.58. The second kappa shape index (κ2) is 9.93. The molecule has 0 aliphatic rings. The lowest BCUT2D eigenvalue weighted by molar-refractivity contribution is -0.123. The Labute approximate surface area is 180 Å². The maximum Gasteiger partial charge on any atom is 0.277 e. The Balaban J connectivity index is 1.96. The van der Waals surface area contributed by atoms with Gasteiger partial charge in [-0.1, -0.05) is 6.07 Å². The van der Waals surface area contributed by atoms with Crippen LogP contribution in [0.15, 0.2) is 33.8 Å². The number of ether oxygens (including phenoxy) is 2. The highest BCUT2D eigenvalue weighted by molar-refractivity contribution is 14.1. The van der Waals surface area contributed by atoms with Crippen LogP contribution in [0.1, 0.15) is 23.6 Å². The highest BCUT2D eigenvalue weighted by Gasteiger charge is 2.10. The monoisotopic (exact) mass is 546 g/mol. The van der Waals surface area contributed by atoms with Gasteiger partial charge >= 0.3 is 0 Å². The van der Waals surface area contributed by atoms with Crippen molar-refractivity contribution in [2.24, 2.45) is 5.10 Å². The third-order valence-corrected chi connectivity index (χ3v) is 4.89. The van der Waals surface area contributed by atoms with Crippen molar-refractivity contribution in [3.8, 4) is 17.2 Å². The van der Waals surface area contributed by atoms with E-state index in [4.69, 9.17) is 9.47 Å². The Morgan fingerprint density at radius 3 is 2.70 bits per heavy atom. The molecular weight excluding hydrogens is 527 g/mol. The van der Waals surface area contributed by atoms with E-state index in [-0.39, 0.29) is 18.3 Å². The summed E-state index contributed by atoms with van der Waals surface area (Å²) in [5.74, 6) is 0.720. The molecule has 0 unspecified atom stereocenters. The maximum atomic E-state index is 12.0. The first kappa shape index (κ1) is 21.5. The quantitative estimate of drug-likeness (QED) is 0.308. The zero-order valence-corrected chi connectivity index (χ0v) is 18.9. The van der Waals surface area contributed by atoms with E-state index >= 15 is 0 Å². The third kappa shape index (κ3) is 6.10. The Bertz CT molecular complexity index is 848. The van der Waals surface area contributed by atoms with Crippen LogP contribution in [0.4, 0.5) is 0 Å². The largest absolute Gasteiger partial charge is 0.504 e. The lowest BCUT2D eigenvalue weighted by Crippen LogP contribution is -2.24. The predicted octanol–water partition coefficient (Wildman–Crippen LogP) is 4.30. The van der Waals surface area contributed by atoms with E-state index in [1.165, 1.54) is 6.21 Å². The van der Waals surface area contributed by atoms with Gasteiger partial charge in [0.25, 0.3) is 5.91 Å². The molecule has 8 heteroatoms. The van der Waals surface area contributed by atoms with Gasteiger partial charge in [-0.3, -0.25) is 4.79 Å². The Hall–Kier alpha value is -1.81. The van der Waals surface area contributed by atoms with E-state index in [9.17, 15) is 9.90 Å². The molecule has 0 aromatic heterocycles. The van der Waals surface area contributed by atoms with Crippen molar-refractivity contribution in [3.05, 3.63) is 49.0 Å². The van der Waals surface area contributed by atoms with Crippen molar-refractivity contribution >= 4 is 50.6 Å². The van der Waals surface area contributed by atoms with Gasteiger partial charge in [-0.25, -0.2) is 5.43 Å². The van der Waals surface area contributed by atoms with Gasteiger partial charge in [0.2, 0.25) is 0 Å². The second-order valence-electron chi connectivity index (χ2n) is 5.76. The topological polar surface area (TPSA) is 80.2 Å². The van der Waals surface area contributed by atoms with Crippen LogP contribution in [0.5, 0.6) is 17.2 Å². The van der Waals surface area contributed by atoms with Gasteiger partial charge in [-0.2, -0.15) is 5.10 Å². The minimum absolute atomic E-state index is 0.0890. The average molecular weight is 547 g/mol. The molecule has 2 aromatic rings. The smallest absolute Gasteiger partial charge is 0.277 e. The SMILES string of the molecule is CCOc1cc(/C=N\NC(=O)COc2c(C)cc(C)cc2Br)cc(I)c1O. The number of hydrazone groups is 1. The van der Waals surface area contributed by atoms with Crippen LogP contribution >= 0.6 is 38.5 Å². The highest BCUT2D eigenvalue weighted by atomic mass is 127. The summed E-state index contributed by atoms with van der Waals surface area (Å²) < 4.78 is 12.4. The summed E-state index contributed by atoms with van der Waals surface area (Å²) in [5.41, 5.74) is 5.17. The van der Waals surface area contributed by atoms with Crippen LogP contribution in [-0.4, -0.2) is 30.4 Å². The molecule has 0 saturated carbocycles. The fourth-order valence-electron chi connectivity index (χ4n) is 2.37. The Kier molecular flexibility index (Phi) is 7.91. The van der Waals surface area contributed by atoms with Crippen molar-refractivity contribution in [2.45, 2.75) is 20.8 Å². The van der Waals surface area contributed by atoms with E-state index < -0.39 is 0 Å². The van der Waals surface area contributed by atoms with Crippen LogP contribution in [0.25, 0.3) is 0 Å². The normalized spacial score (nSPS) is 10.9. The maximum absolute atomic E-state index is 12.0. The second-order valence-corrected chi connectivity index (χ2v) is 7.77. The number of aryl methyl sites for hydroxylation is 2. The van der Waals surface area contributed by atoms with E-state index in [0.717, 1.165) is 15.6 Å². The molecular formula is C19H20BrIN2O4. The van der Waals surface area contributed by atoms with Gasteiger partial charge in [0.05, 0.1) is 20.9 Å². The molecule has 144 valence electrons. The third-order valence-electron chi connectivity index (χ3n) is 3.47. The predicted molar refractivity (Wildman–Crippen MR) is 117 cm³/mol. The molecule has 0 fully saturated rings. The van der Waals surface area contributed by atoms with Crippen molar-refractivity contribution in [1.82, 2.24) is 5.43 Å². The van der Waals surface area contributed by atoms with E-state index in [1.54, 1.807) is 12.1 Å². The number of benzene rings is 2. The van der Waals surface area contributed by atoms with Crippen molar-refractivity contribution in [2.75, 3.05) is 13.2 Å². The summed E-state index contributed by atoms with van der Waals surface area (Å²) in [4.78, 5) is 12.0.